The Hall–Kier alpha value is -2.14. The van der Waals surface area contributed by atoms with E-state index in [2.05, 4.69) is 23.7 Å². The molecule has 2 aromatic rings. The number of anilines is 1. The first kappa shape index (κ1) is 15.4. The zero-order valence-electron chi connectivity index (χ0n) is 13.6. The summed E-state index contributed by atoms with van der Waals surface area (Å²) in [6.45, 7) is 2.85. The number of carbonyl (C=O) groups excluding carboxylic acids is 2. The lowest BCUT2D eigenvalue weighted by Gasteiger charge is -2.33. The molecule has 0 saturated heterocycles. The van der Waals surface area contributed by atoms with Crippen LogP contribution in [0, 0.1) is 5.92 Å². The summed E-state index contributed by atoms with van der Waals surface area (Å²) in [6, 6.07) is 9.49. The van der Waals surface area contributed by atoms with E-state index in [0.717, 1.165) is 31.5 Å². The van der Waals surface area contributed by atoms with E-state index in [-0.39, 0.29) is 23.8 Å². The highest BCUT2D eigenvalue weighted by Gasteiger charge is 2.30. The zero-order chi connectivity index (χ0) is 16.7. The first-order valence-electron chi connectivity index (χ1n) is 8.41. The summed E-state index contributed by atoms with van der Waals surface area (Å²) in [4.78, 5) is 28.0. The first-order chi connectivity index (χ1) is 11.6. The molecule has 1 aliphatic carbocycles. The van der Waals surface area contributed by atoms with Gasteiger partial charge >= 0.3 is 0 Å². The Balaban J connectivity index is 1.47. The highest BCUT2D eigenvalue weighted by Crippen LogP contribution is 2.34. The van der Waals surface area contributed by atoms with E-state index in [9.17, 15) is 9.59 Å². The first-order valence-corrected chi connectivity index (χ1v) is 9.29. The molecule has 1 aliphatic heterocycles. The van der Waals surface area contributed by atoms with Crippen LogP contribution in [0.15, 0.2) is 35.7 Å². The van der Waals surface area contributed by atoms with Gasteiger partial charge in [-0.25, -0.2) is 0 Å². The van der Waals surface area contributed by atoms with Gasteiger partial charge in [-0.1, -0.05) is 0 Å². The fraction of sp³-hybridized carbons (Fsp3) is 0.368. The third kappa shape index (κ3) is 2.84. The van der Waals surface area contributed by atoms with Crippen molar-refractivity contribution in [1.29, 1.82) is 0 Å². The minimum Gasteiger partial charge on any atom is -0.331 e. The van der Waals surface area contributed by atoms with Gasteiger partial charge < -0.3 is 10.2 Å². The van der Waals surface area contributed by atoms with Gasteiger partial charge in [0.15, 0.2) is 0 Å². The average Bonchev–Trinajstić information content (AvgIpc) is 3.33. The summed E-state index contributed by atoms with van der Waals surface area (Å²) in [5.41, 5.74) is 2.70. The number of thiophene rings is 1. The second-order valence-electron chi connectivity index (χ2n) is 6.56. The van der Waals surface area contributed by atoms with Gasteiger partial charge in [0.1, 0.15) is 0 Å². The maximum atomic E-state index is 12.8. The molecule has 1 fully saturated rings. The number of benzene rings is 1. The number of hydrogen-bond acceptors (Lipinski definition) is 3. The quantitative estimate of drug-likeness (QED) is 0.922. The lowest BCUT2D eigenvalue weighted by Crippen LogP contribution is -2.38. The van der Waals surface area contributed by atoms with E-state index in [0.29, 0.717) is 5.56 Å². The third-order valence-electron chi connectivity index (χ3n) is 4.89. The van der Waals surface area contributed by atoms with E-state index in [4.69, 9.17) is 0 Å². The summed E-state index contributed by atoms with van der Waals surface area (Å²) < 4.78 is 0. The van der Waals surface area contributed by atoms with Crippen LogP contribution in [0.3, 0.4) is 0 Å². The minimum absolute atomic E-state index is 0.0550. The number of hydrogen-bond donors (Lipinski definition) is 1. The molecular formula is C19H20N2O2S. The highest BCUT2D eigenvalue weighted by atomic mass is 32.1. The van der Waals surface area contributed by atoms with Crippen molar-refractivity contribution in [2.24, 2.45) is 5.92 Å². The summed E-state index contributed by atoms with van der Waals surface area (Å²) in [5.74, 6) is 0.323. The van der Waals surface area contributed by atoms with Crippen LogP contribution in [0.4, 0.5) is 5.69 Å². The van der Waals surface area contributed by atoms with E-state index < -0.39 is 0 Å². The molecule has 1 aromatic heterocycles. The highest BCUT2D eigenvalue weighted by molar-refractivity contribution is 7.10. The lowest BCUT2D eigenvalue weighted by atomic mass is 10.0. The molecule has 4 rings (SSSR count). The van der Waals surface area contributed by atoms with Crippen molar-refractivity contribution in [3.05, 3.63) is 51.7 Å². The number of nitrogens with zero attached hydrogens (tertiary/aromatic N) is 1. The molecule has 0 radical (unpaired) electrons. The molecule has 4 nitrogen and oxygen atoms in total. The van der Waals surface area contributed by atoms with E-state index in [1.54, 1.807) is 23.5 Å². The second-order valence-corrected chi connectivity index (χ2v) is 7.57. The van der Waals surface area contributed by atoms with E-state index in [1.807, 2.05) is 17.0 Å². The van der Waals surface area contributed by atoms with E-state index in [1.165, 1.54) is 10.4 Å². The molecule has 2 heterocycles. The maximum Gasteiger partial charge on any atom is 0.254 e. The van der Waals surface area contributed by atoms with Gasteiger partial charge in [-0.05, 0) is 67.5 Å². The molecule has 2 aliphatic rings. The molecule has 5 heteroatoms. The van der Waals surface area contributed by atoms with Crippen molar-refractivity contribution in [3.63, 3.8) is 0 Å². The van der Waals surface area contributed by atoms with Crippen molar-refractivity contribution in [3.8, 4) is 0 Å². The van der Waals surface area contributed by atoms with E-state index >= 15 is 0 Å². The molecule has 1 aromatic carbocycles. The molecule has 0 spiro atoms. The number of fused-ring (bicyclic) bond motifs is 1. The fourth-order valence-electron chi connectivity index (χ4n) is 3.24. The Bertz CT molecular complexity index is 777. The van der Waals surface area contributed by atoms with Crippen LogP contribution in [0.5, 0.6) is 0 Å². The van der Waals surface area contributed by atoms with Crippen molar-refractivity contribution < 1.29 is 9.59 Å². The molecule has 1 atom stereocenters. The summed E-state index contributed by atoms with van der Waals surface area (Å²) in [5, 5.41) is 5.01. The van der Waals surface area contributed by atoms with Crippen LogP contribution in [-0.4, -0.2) is 23.3 Å². The van der Waals surface area contributed by atoms with Crippen molar-refractivity contribution in [2.45, 2.75) is 32.2 Å². The van der Waals surface area contributed by atoms with Crippen LogP contribution in [0.2, 0.25) is 0 Å². The van der Waals surface area contributed by atoms with Gasteiger partial charge in [-0.3, -0.25) is 9.59 Å². The zero-order valence-corrected chi connectivity index (χ0v) is 14.4. The molecule has 24 heavy (non-hydrogen) atoms. The third-order valence-corrected chi connectivity index (χ3v) is 5.88. The Labute approximate surface area is 145 Å². The maximum absolute atomic E-state index is 12.8. The summed E-state index contributed by atoms with van der Waals surface area (Å²) in [6.07, 6.45) is 2.90. The molecule has 1 unspecified atom stereocenters. The Morgan fingerprint density at radius 1 is 1.17 bits per heavy atom. The normalized spacial score (nSPS) is 19.7. The largest absolute Gasteiger partial charge is 0.331 e. The van der Waals surface area contributed by atoms with Crippen LogP contribution in [-0.2, 0) is 11.2 Å². The van der Waals surface area contributed by atoms with Crippen molar-refractivity contribution in [1.82, 2.24) is 4.90 Å². The molecular weight excluding hydrogens is 320 g/mol. The molecule has 1 saturated carbocycles. The number of rotatable bonds is 3. The minimum atomic E-state index is 0.0550. The van der Waals surface area contributed by atoms with Crippen LogP contribution >= 0.6 is 11.3 Å². The summed E-state index contributed by atoms with van der Waals surface area (Å²) >= 11 is 1.78. The Morgan fingerprint density at radius 3 is 2.62 bits per heavy atom. The molecule has 1 N–H and O–H groups in total. The van der Waals surface area contributed by atoms with Gasteiger partial charge in [0, 0.05) is 28.6 Å². The standard InChI is InChI=1S/C19H20N2O2S/c1-12-16-9-11-24-17(16)8-10-21(12)19(23)14-4-6-15(7-5-14)20-18(22)13-2-3-13/h4-7,9,11-13H,2-3,8,10H2,1H3,(H,20,22). The molecule has 0 bridgehead atoms. The molecule has 124 valence electrons. The Morgan fingerprint density at radius 2 is 1.92 bits per heavy atom. The van der Waals surface area contributed by atoms with Gasteiger partial charge in [0.05, 0.1) is 6.04 Å². The number of carbonyl (C=O) groups is 2. The van der Waals surface area contributed by atoms with Crippen molar-refractivity contribution in [2.75, 3.05) is 11.9 Å². The summed E-state index contributed by atoms with van der Waals surface area (Å²) in [7, 11) is 0. The lowest BCUT2D eigenvalue weighted by molar-refractivity contribution is -0.117. The Kier molecular flexibility index (Phi) is 3.88. The van der Waals surface area contributed by atoms with Crippen molar-refractivity contribution >= 4 is 28.8 Å². The average molecular weight is 340 g/mol. The van der Waals surface area contributed by atoms with Gasteiger partial charge in [-0.2, -0.15) is 0 Å². The predicted molar refractivity (Wildman–Crippen MR) is 95.3 cm³/mol. The smallest absolute Gasteiger partial charge is 0.254 e. The van der Waals surface area contributed by atoms with Gasteiger partial charge in [-0.15, -0.1) is 11.3 Å². The number of amides is 2. The number of nitrogens with one attached hydrogen (secondary N) is 1. The van der Waals surface area contributed by atoms with Gasteiger partial charge in [0.2, 0.25) is 5.91 Å². The van der Waals surface area contributed by atoms with Crippen LogP contribution in [0.25, 0.3) is 0 Å². The van der Waals surface area contributed by atoms with Gasteiger partial charge in [0.25, 0.3) is 5.91 Å². The second kappa shape index (κ2) is 6.06. The fourth-order valence-corrected chi connectivity index (χ4v) is 4.20. The molecule has 2 amide bonds. The van der Waals surface area contributed by atoms with Crippen LogP contribution in [0.1, 0.15) is 46.6 Å². The topological polar surface area (TPSA) is 49.4 Å². The SMILES string of the molecule is CC1c2ccsc2CCN1C(=O)c1ccc(NC(=O)C2CC2)cc1. The monoisotopic (exact) mass is 340 g/mol. The van der Waals surface area contributed by atoms with Crippen LogP contribution < -0.4 is 5.32 Å². The predicted octanol–water partition coefficient (Wildman–Crippen LogP) is 3.86.